The van der Waals surface area contributed by atoms with Gasteiger partial charge in [0.15, 0.2) is 0 Å². The Morgan fingerprint density at radius 1 is 1.10 bits per heavy atom. The van der Waals surface area contributed by atoms with E-state index in [1.165, 1.54) is 0 Å². The van der Waals surface area contributed by atoms with E-state index in [1.54, 1.807) is 18.9 Å². The first kappa shape index (κ1) is 22.5. The van der Waals surface area contributed by atoms with Gasteiger partial charge in [-0.2, -0.15) is 0 Å². The van der Waals surface area contributed by atoms with Crippen molar-refractivity contribution in [3.05, 3.63) is 59.2 Å². The fraction of sp³-hybridized carbons (Fsp3) is 0.417. The van der Waals surface area contributed by atoms with Crippen molar-refractivity contribution in [3.63, 3.8) is 0 Å². The second kappa shape index (κ2) is 10.6. The number of ether oxygens (including phenoxy) is 1. The van der Waals surface area contributed by atoms with Crippen molar-refractivity contribution in [2.75, 3.05) is 25.1 Å². The van der Waals surface area contributed by atoms with E-state index in [0.717, 1.165) is 34.5 Å². The summed E-state index contributed by atoms with van der Waals surface area (Å²) in [5.74, 6) is 1.01. The van der Waals surface area contributed by atoms with Crippen LogP contribution in [0.3, 0.4) is 0 Å². The summed E-state index contributed by atoms with van der Waals surface area (Å²) in [6.45, 7) is 8.72. The molecule has 2 rings (SSSR count). The van der Waals surface area contributed by atoms with Gasteiger partial charge in [0.2, 0.25) is 11.8 Å². The molecule has 2 aromatic carbocycles. The van der Waals surface area contributed by atoms with Crippen LogP contribution in [-0.2, 0) is 16.0 Å². The average Bonchev–Trinajstić information content (AvgIpc) is 2.69. The first-order valence-electron chi connectivity index (χ1n) is 10.1. The van der Waals surface area contributed by atoms with Gasteiger partial charge in [0.05, 0.1) is 7.11 Å². The molecule has 0 aromatic heterocycles. The number of hydrogen-bond acceptors (Lipinski definition) is 3. The van der Waals surface area contributed by atoms with Gasteiger partial charge >= 0.3 is 0 Å². The second-order valence-electron chi connectivity index (χ2n) is 7.54. The normalized spacial score (nSPS) is 10.7. The summed E-state index contributed by atoms with van der Waals surface area (Å²) in [5.41, 5.74) is 4.24. The van der Waals surface area contributed by atoms with Crippen molar-refractivity contribution in [1.82, 2.24) is 5.32 Å². The molecule has 0 radical (unpaired) electrons. The molecule has 5 heteroatoms. The lowest BCUT2D eigenvalue weighted by Gasteiger charge is -2.27. The van der Waals surface area contributed by atoms with E-state index in [-0.39, 0.29) is 18.2 Å². The maximum atomic E-state index is 12.3. The minimum absolute atomic E-state index is 0.0489. The van der Waals surface area contributed by atoms with Crippen LogP contribution in [0.2, 0.25) is 0 Å². The summed E-state index contributed by atoms with van der Waals surface area (Å²) in [5, 5.41) is 2.95. The van der Waals surface area contributed by atoms with E-state index in [9.17, 15) is 9.59 Å². The summed E-state index contributed by atoms with van der Waals surface area (Å²) in [6, 6.07) is 13.9. The molecular formula is C24H32N2O3. The lowest BCUT2D eigenvalue weighted by atomic mass is 9.97. The third-order valence-electron chi connectivity index (χ3n) is 5.00. The Hall–Kier alpha value is -2.82. The lowest BCUT2D eigenvalue weighted by Crippen LogP contribution is -2.35. The molecule has 29 heavy (non-hydrogen) atoms. The topological polar surface area (TPSA) is 58.6 Å². The first-order chi connectivity index (χ1) is 13.8. The monoisotopic (exact) mass is 396 g/mol. The van der Waals surface area contributed by atoms with Gasteiger partial charge in [-0.1, -0.05) is 44.2 Å². The van der Waals surface area contributed by atoms with E-state index in [2.05, 4.69) is 25.2 Å². The third-order valence-corrected chi connectivity index (χ3v) is 5.00. The zero-order valence-corrected chi connectivity index (χ0v) is 18.1. The minimum atomic E-state index is -0.0514. The molecule has 1 N–H and O–H groups in total. The number of carbonyl (C=O) groups is 2. The molecule has 0 aliphatic rings. The highest BCUT2D eigenvalue weighted by atomic mass is 16.5. The molecule has 0 atom stereocenters. The number of nitrogens with zero attached hydrogens (tertiary/aromatic N) is 1. The van der Waals surface area contributed by atoms with Gasteiger partial charge in [0, 0.05) is 32.1 Å². The second-order valence-corrected chi connectivity index (χ2v) is 7.54. The minimum Gasteiger partial charge on any atom is -0.497 e. The quantitative estimate of drug-likeness (QED) is 0.690. The maximum Gasteiger partial charge on any atom is 0.223 e. The zero-order valence-electron chi connectivity index (χ0n) is 18.1. The molecule has 0 bridgehead atoms. The molecule has 0 spiro atoms. The predicted molar refractivity (Wildman–Crippen MR) is 118 cm³/mol. The van der Waals surface area contributed by atoms with E-state index in [0.29, 0.717) is 19.0 Å². The molecule has 0 aliphatic carbocycles. The highest BCUT2D eigenvalue weighted by Crippen LogP contribution is 2.31. The molecule has 0 aliphatic heterocycles. The Balaban J connectivity index is 1.93. The SMILES string of the molecule is COc1ccc(CCNC(=O)CCN(C(C)=O)c2c(C)cccc2C(C)C)cc1. The number of nitrogens with one attached hydrogen (secondary N) is 1. The fourth-order valence-corrected chi connectivity index (χ4v) is 3.38. The standard InChI is InChI=1S/C24H32N2O3/c1-17(2)22-8-6-7-18(3)24(22)26(19(4)27)16-14-23(28)25-15-13-20-9-11-21(29-5)12-10-20/h6-12,17H,13-16H2,1-5H3,(H,25,28). The molecule has 0 saturated heterocycles. The van der Waals surface area contributed by atoms with Gasteiger partial charge in [-0.05, 0) is 48.1 Å². The number of amides is 2. The van der Waals surface area contributed by atoms with Crippen LogP contribution in [0.4, 0.5) is 5.69 Å². The van der Waals surface area contributed by atoms with Gasteiger partial charge in [-0.3, -0.25) is 9.59 Å². The summed E-state index contributed by atoms with van der Waals surface area (Å²) >= 11 is 0. The van der Waals surface area contributed by atoms with Crippen molar-refractivity contribution in [1.29, 1.82) is 0 Å². The van der Waals surface area contributed by atoms with E-state index < -0.39 is 0 Å². The maximum absolute atomic E-state index is 12.3. The van der Waals surface area contributed by atoms with Crippen LogP contribution in [0.15, 0.2) is 42.5 Å². The molecule has 0 fully saturated rings. The van der Waals surface area contributed by atoms with Gasteiger partial charge in [-0.15, -0.1) is 0 Å². The molecule has 5 nitrogen and oxygen atoms in total. The summed E-state index contributed by atoms with van der Waals surface area (Å²) in [7, 11) is 1.64. The van der Waals surface area contributed by atoms with Crippen LogP contribution < -0.4 is 15.0 Å². The molecular weight excluding hydrogens is 364 g/mol. The Labute approximate surface area is 174 Å². The number of aryl methyl sites for hydroxylation is 1. The number of benzene rings is 2. The van der Waals surface area contributed by atoms with Crippen molar-refractivity contribution in [2.24, 2.45) is 0 Å². The van der Waals surface area contributed by atoms with E-state index in [1.807, 2.05) is 43.3 Å². The molecule has 2 amide bonds. The average molecular weight is 397 g/mol. The van der Waals surface area contributed by atoms with Crippen LogP contribution >= 0.6 is 0 Å². The molecule has 0 heterocycles. The molecule has 156 valence electrons. The fourth-order valence-electron chi connectivity index (χ4n) is 3.38. The molecule has 0 unspecified atom stereocenters. The summed E-state index contributed by atoms with van der Waals surface area (Å²) in [4.78, 5) is 26.4. The number of methoxy groups -OCH3 is 1. The van der Waals surface area contributed by atoms with Crippen LogP contribution in [0.1, 0.15) is 49.8 Å². The van der Waals surface area contributed by atoms with E-state index >= 15 is 0 Å². The Bertz CT molecular complexity index is 829. The predicted octanol–water partition coefficient (Wildman–Crippen LogP) is 4.23. The largest absolute Gasteiger partial charge is 0.497 e. The number of anilines is 1. The third kappa shape index (κ3) is 6.34. The van der Waals surface area contributed by atoms with Gasteiger partial charge in [-0.25, -0.2) is 0 Å². The number of rotatable bonds is 9. The first-order valence-corrected chi connectivity index (χ1v) is 10.1. The highest BCUT2D eigenvalue weighted by molar-refractivity contribution is 5.94. The Morgan fingerprint density at radius 2 is 1.79 bits per heavy atom. The van der Waals surface area contributed by atoms with Crippen LogP contribution in [0, 0.1) is 6.92 Å². The van der Waals surface area contributed by atoms with Crippen molar-refractivity contribution in [3.8, 4) is 5.75 Å². The van der Waals surface area contributed by atoms with Crippen molar-refractivity contribution < 1.29 is 14.3 Å². The lowest BCUT2D eigenvalue weighted by molar-refractivity contribution is -0.121. The van der Waals surface area contributed by atoms with Crippen molar-refractivity contribution >= 4 is 17.5 Å². The Morgan fingerprint density at radius 3 is 2.38 bits per heavy atom. The van der Waals surface area contributed by atoms with Crippen LogP contribution in [0.25, 0.3) is 0 Å². The summed E-state index contributed by atoms with van der Waals surface area (Å²) < 4.78 is 5.15. The van der Waals surface area contributed by atoms with Crippen LogP contribution in [-0.4, -0.2) is 32.0 Å². The number of para-hydroxylation sites is 1. The van der Waals surface area contributed by atoms with Gasteiger partial charge < -0.3 is 15.0 Å². The number of carbonyl (C=O) groups excluding carboxylic acids is 2. The zero-order chi connectivity index (χ0) is 21.4. The van der Waals surface area contributed by atoms with Gasteiger partial charge in [0.1, 0.15) is 5.75 Å². The van der Waals surface area contributed by atoms with E-state index in [4.69, 9.17) is 4.74 Å². The van der Waals surface area contributed by atoms with Gasteiger partial charge in [0.25, 0.3) is 0 Å². The number of hydrogen-bond donors (Lipinski definition) is 1. The summed E-state index contributed by atoms with van der Waals surface area (Å²) in [6.07, 6.45) is 1.02. The van der Waals surface area contributed by atoms with Crippen LogP contribution in [0.5, 0.6) is 5.75 Å². The Kier molecular flexibility index (Phi) is 8.25. The van der Waals surface area contributed by atoms with Crippen molar-refractivity contribution in [2.45, 2.75) is 46.5 Å². The molecule has 0 saturated carbocycles. The molecule has 2 aromatic rings. The smallest absolute Gasteiger partial charge is 0.223 e. The highest BCUT2D eigenvalue weighted by Gasteiger charge is 2.20.